The van der Waals surface area contributed by atoms with Gasteiger partial charge in [-0.15, -0.1) is 11.3 Å². The zero-order valence-corrected chi connectivity index (χ0v) is 10.5. The Morgan fingerprint density at radius 2 is 2.53 bits per heavy atom. The maximum absolute atomic E-state index is 11.8. The van der Waals surface area contributed by atoms with Crippen molar-refractivity contribution in [1.82, 2.24) is 4.98 Å². The average Bonchev–Trinajstić information content (AvgIpc) is 2.79. The van der Waals surface area contributed by atoms with Crippen LogP contribution in [-0.4, -0.2) is 28.7 Å². The second kappa shape index (κ2) is 5.57. The molecule has 6 heteroatoms. The van der Waals surface area contributed by atoms with Crippen LogP contribution in [0, 0.1) is 0 Å². The molecule has 1 aliphatic rings. The van der Waals surface area contributed by atoms with E-state index in [-0.39, 0.29) is 12.0 Å². The summed E-state index contributed by atoms with van der Waals surface area (Å²) in [5.41, 5.74) is 0.579. The highest BCUT2D eigenvalue weighted by Gasteiger charge is 2.22. The summed E-state index contributed by atoms with van der Waals surface area (Å²) < 4.78 is 5.38. The highest BCUT2D eigenvalue weighted by molar-refractivity contribution is 7.13. The van der Waals surface area contributed by atoms with Gasteiger partial charge < -0.3 is 9.84 Å². The summed E-state index contributed by atoms with van der Waals surface area (Å²) in [6.45, 7) is 2.29. The lowest BCUT2D eigenvalue weighted by Gasteiger charge is -2.20. The van der Waals surface area contributed by atoms with Gasteiger partial charge in [-0.2, -0.15) is 0 Å². The van der Waals surface area contributed by atoms with Crippen LogP contribution in [0.15, 0.2) is 5.38 Å². The number of aliphatic hydroxyl groups excluding tert-OH is 1. The first kappa shape index (κ1) is 12.5. The number of thiazole rings is 1. The van der Waals surface area contributed by atoms with Crippen LogP contribution >= 0.6 is 11.3 Å². The van der Waals surface area contributed by atoms with E-state index in [4.69, 9.17) is 4.74 Å². The molecule has 1 fully saturated rings. The third-order valence-electron chi connectivity index (χ3n) is 2.65. The first-order chi connectivity index (χ1) is 8.16. The predicted molar refractivity (Wildman–Crippen MR) is 65.0 cm³/mol. The molecule has 2 atom stereocenters. The minimum absolute atomic E-state index is 0.142. The second-order valence-electron chi connectivity index (χ2n) is 4.10. The van der Waals surface area contributed by atoms with E-state index in [0.717, 1.165) is 19.3 Å². The van der Waals surface area contributed by atoms with Crippen LogP contribution in [0.3, 0.4) is 0 Å². The fourth-order valence-electron chi connectivity index (χ4n) is 1.67. The van der Waals surface area contributed by atoms with Gasteiger partial charge in [-0.1, -0.05) is 0 Å². The van der Waals surface area contributed by atoms with E-state index in [9.17, 15) is 9.90 Å². The summed E-state index contributed by atoms with van der Waals surface area (Å²) in [5, 5.41) is 14.3. The molecule has 0 aliphatic carbocycles. The Morgan fingerprint density at radius 3 is 3.12 bits per heavy atom. The van der Waals surface area contributed by atoms with Gasteiger partial charge in [-0.05, 0) is 26.2 Å². The highest BCUT2D eigenvalue weighted by atomic mass is 32.1. The van der Waals surface area contributed by atoms with Crippen LogP contribution in [0.25, 0.3) is 0 Å². The van der Waals surface area contributed by atoms with Crippen molar-refractivity contribution >= 4 is 22.4 Å². The Morgan fingerprint density at radius 1 is 1.71 bits per heavy atom. The zero-order chi connectivity index (χ0) is 12.3. The molecule has 0 saturated carbocycles. The van der Waals surface area contributed by atoms with E-state index in [1.165, 1.54) is 11.3 Å². The highest BCUT2D eigenvalue weighted by Crippen LogP contribution is 2.21. The number of amides is 1. The molecule has 1 aromatic heterocycles. The lowest BCUT2D eigenvalue weighted by molar-refractivity contribution is -0.129. The predicted octanol–water partition coefficient (Wildman–Crippen LogP) is 1.70. The van der Waals surface area contributed by atoms with Crippen LogP contribution in [0.1, 0.15) is 38.0 Å². The summed E-state index contributed by atoms with van der Waals surface area (Å²) in [5.74, 6) is -0.142. The average molecular weight is 256 g/mol. The SMILES string of the molecule is CC(O)c1csc(NC(=O)C2CCCCO2)n1. The van der Waals surface area contributed by atoms with E-state index in [0.29, 0.717) is 17.4 Å². The molecule has 1 aliphatic heterocycles. The largest absolute Gasteiger partial charge is 0.387 e. The van der Waals surface area contributed by atoms with Gasteiger partial charge in [0.2, 0.25) is 0 Å². The van der Waals surface area contributed by atoms with Gasteiger partial charge in [0.1, 0.15) is 6.10 Å². The topological polar surface area (TPSA) is 71.5 Å². The van der Waals surface area contributed by atoms with Crippen molar-refractivity contribution in [1.29, 1.82) is 0 Å². The number of anilines is 1. The number of carbonyl (C=O) groups excluding carboxylic acids is 1. The Labute approximate surface area is 104 Å². The smallest absolute Gasteiger partial charge is 0.255 e. The molecule has 0 radical (unpaired) electrons. The number of ether oxygens (including phenoxy) is 1. The molecule has 1 amide bonds. The molecule has 1 aromatic rings. The molecule has 0 bridgehead atoms. The van der Waals surface area contributed by atoms with Crippen LogP contribution in [0.4, 0.5) is 5.13 Å². The van der Waals surface area contributed by atoms with Gasteiger partial charge in [-0.25, -0.2) is 4.98 Å². The summed E-state index contributed by atoms with van der Waals surface area (Å²) in [6.07, 6.45) is 1.84. The quantitative estimate of drug-likeness (QED) is 0.863. The molecule has 0 spiro atoms. The van der Waals surface area contributed by atoms with Gasteiger partial charge in [0.25, 0.3) is 5.91 Å². The minimum Gasteiger partial charge on any atom is -0.387 e. The lowest BCUT2D eigenvalue weighted by atomic mass is 10.1. The van der Waals surface area contributed by atoms with Crippen molar-refractivity contribution in [2.24, 2.45) is 0 Å². The summed E-state index contributed by atoms with van der Waals surface area (Å²) >= 11 is 1.31. The molecule has 0 aromatic carbocycles. The maximum Gasteiger partial charge on any atom is 0.255 e. The Balaban J connectivity index is 1.92. The summed E-state index contributed by atoms with van der Waals surface area (Å²) in [7, 11) is 0. The maximum atomic E-state index is 11.8. The monoisotopic (exact) mass is 256 g/mol. The molecular formula is C11H16N2O3S. The number of rotatable bonds is 3. The summed E-state index contributed by atoms with van der Waals surface area (Å²) in [4.78, 5) is 15.9. The number of hydrogen-bond donors (Lipinski definition) is 2. The van der Waals surface area contributed by atoms with Gasteiger partial charge >= 0.3 is 0 Å². The molecule has 17 heavy (non-hydrogen) atoms. The first-order valence-electron chi connectivity index (χ1n) is 5.73. The van der Waals surface area contributed by atoms with Crippen molar-refractivity contribution in [2.45, 2.75) is 38.4 Å². The number of aliphatic hydroxyl groups is 1. The lowest BCUT2D eigenvalue weighted by Crippen LogP contribution is -2.33. The summed E-state index contributed by atoms with van der Waals surface area (Å²) in [6, 6.07) is 0. The molecule has 2 N–H and O–H groups in total. The van der Waals surface area contributed by atoms with Gasteiger partial charge in [0.05, 0.1) is 11.8 Å². The van der Waals surface area contributed by atoms with Crippen LogP contribution in [0.5, 0.6) is 0 Å². The van der Waals surface area contributed by atoms with Gasteiger partial charge in [0, 0.05) is 12.0 Å². The van der Waals surface area contributed by atoms with Crippen molar-refractivity contribution in [3.05, 3.63) is 11.1 Å². The van der Waals surface area contributed by atoms with E-state index >= 15 is 0 Å². The van der Waals surface area contributed by atoms with Crippen molar-refractivity contribution < 1.29 is 14.6 Å². The third-order valence-corrected chi connectivity index (χ3v) is 3.43. The van der Waals surface area contributed by atoms with E-state index < -0.39 is 6.10 Å². The number of nitrogens with one attached hydrogen (secondary N) is 1. The Hall–Kier alpha value is -0.980. The number of hydrogen-bond acceptors (Lipinski definition) is 5. The zero-order valence-electron chi connectivity index (χ0n) is 9.68. The molecule has 5 nitrogen and oxygen atoms in total. The third kappa shape index (κ3) is 3.24. The molecule has 94 valence electrons. The van der Waals surface area contributed by atoms with Crippen molar-refractivity contribution in [3.8, 4) is 0 Å². The fraction of sp³-hybridized carbons (Fsp3) is 0.636. The van der Waals surface area contributed by atoms with Gasteiger partial charge in [0.15, 0.2) is 5.13 Å². The normalized spacial score (nSPS) is 22.1. The minimum atomic E-state index is -0.608. The first-order valence-corrected chi connectivity index (χ1v) is 6.61. The molecule has 1 saturated heterocycles. The second-order valence-corrected chi connectivity index (χ2v) is 4.96. The Kier molecular flexibility index (Phi) is 4.09. The standard InChI is InChI=1S/C11H16N2O3S/c1-7(14)8-6-17-11(12-8)13-10(15)9-4-2-3-5-16-9/h6-7,9,14H,2-5H2,1H3,(H,12,13,15). The van der Waals surface area contributed by atoms with Crippen LogP contribution in [-0.2, 0) is 9.53 Å². The van der Waals surface area contributed by atoms with Crippen LogP contribution in [0.2, 0.25) is 0 Å². The van der Waals surface area contributed by atoms with Crippen molar-refractivity contribution in [3.63, 3.8) is 0 Å². The van der Waals surface area contributed by atoms with E-state index in [1.54, 1.807) is 12.3 Å². The molecule has 2 rings (SSSR count). The Bertz CT molecular complexity index is 386. The fourth-order valence-corrected chi connectivity index (χ4v) is 2.47. The molecule has 2 heterocycles. The van der Waals surface area contributed by atoms with Crippen LogP contribution < -0.4 is 5.32 Å². The van der Waals surface area contributed by atoms with E-state index in [2.05, 4.69) is 10.3 Å². The van der Waals surface area contributed by atoms with E-state index in [1.807, 2.05) is 0 Å². The number of aromatic nitrogens is 1. The molecule has 2 unspecified atom stereocenters. The van der Waals surface area contributed by atoms with Crippen molar-refractivity contribution in [2.75, 3.05) is 11.9 Å². The van der Waals surface area contributed by atoms with Gasteiger partial charge in [-0.3, -0.25) is 10.1 Å². The number of carbonyl (C=O) groups is 1. The molecular weight excluding hydrogens is 240 g/mol. The number of nitrogens with zero attached hydrogens (tertiary/aromatic N) is 1.